The lowest BCUT2D eigenvalue weighted by atomic mass is 10.4. The molecule has 0 bridgehead atoms. The third kappa shape index (κ3) is 8.00. The normalized spacial score (nSPS) is 11.2. The van der Waals surface area contributed by atoms with Crippen LogP contribution in [-0.4, -0.2) is 62.5 Å². The Balaban J connectivity index is 0.00000441. The van der Waals surface area contributed by atoms with E-state index in [1.807, 2.05) is 7.05 Å². The summed E-state index contributed by atoms with van der Waals surface area (Å²) in [5.41, 5.74) is 1.25. The molecule has 1 aromatic heterocycles. The molecule has 0 spiro atoms. The summed E-state index contributed by atoms with van der Waals surface area (Å²) in [6, 6.07) is 4.17. The van der Waals surface area contributed by atoms with Crippen LogP contribution in [0.5, 0.6) is 0 Å². The topological polar surface area (TPSA) is 51.0 Å². The Morgan fingerprint density at radius 1 is 1.36 bits per heavy atom. The Kier molecular flexibility index (Phi) is 12.3. The third-order valence-corrected chi connectivity index (χ3v) is 3.08. The zero-order valence-corrected chi connectivity index (χ0v) is 16.4. The summed E-state index contributed by atoms with van der Waals surface area (Å²) in [7, 11) is 5.76. The molecule has 0 aromatic carbocycles. The minimum atomic E-state index is 0. The molecule has 6 nitrogen and oxygen atoms in total. The van der Waals surface area contributed by atoms with Crippen molar-refractivity contribution in [3.8, 4) is 0 Å². The lowest BCUT2D eigenvalue weighted by Gasteiger charge is -2.22. The molecule has 7 heteroatoms. The fraction of sp³-hybridized carbons (Fsp3) is 0.667. The highest BCUT2D eigenvalue weighted by Gasteiger charge is 2.07. The highest BCUT2D eigenvalue weighted by Crippen LogP contribution is 2.03. The van der Waals surface area contributed by atoms with Crippen LogP contribution < -0.4 is 5.32 Å². The van der Waals surface area contributed by atoms with Crippen LogP contribution >= 0.6 is 24.0 Å². The second-order valence-corrected chi connectivity index (χ2v) is 4.81. The number of nitrogens with one attached hydrogen (secondary N) is 1. The van der Waals surface area contributed by atoms with Gasteiger partial charge < -0.3 is 24.3 Å². The molecule has 0 aliphatic rings. The van der Waals surface area contributed by atoms with Gasteiger partial charge in [-0.25, -0.2) is 0 Å². The van der Waals surface area contributed by atoms with Crippen molar-refractivity contribution in [3.05, 3.63) is 24.0 Å². The first-order valence-corrected chi connectivity index (χ1v) is 7.35. The second-order valence-electron chi connectivity index (χ2n) is 4.81. The van der Waals surface area contributed by atoms with Crippen molar-refractivity contribution in [3.63, 3.8) is 0 Å². The van der Waals surface area contributed by atoms with Gasteiger partial charge in [0, 0.05) is 39.6 Å². The Bertz CT molecular complexity index is 423. The van der Waals surface area contributed by atoms with Crippen molar-refractivity contribution in [2.24, 2.45) is 12.0 Å². The number of rotatable bonds is 9. The van der Waals surface area contributed by atoms with Gasteiger partial charge in [0.2, 0.25) is 0 Å². The number of methoxy groups -OCH3 is 1. The average molecular weight is 424 g/mol. The molecular weight excluding hydrogens is 395 g/mol. The maximum absolute atomic E-state index is 5.42. The van der Waals surface area contributed by atoms with Crippen molar-refractivity contribution in [1.82, 2.24) is 14.8 Å². The van der Waals surface area contributed by atoms with Crippen LogP contribution in [-0.2, 0) is 23.1 Å². The number of halogens is 1. The van der Waals surface area contributed by atoms with E-state index >= 15 is 0 Å². The summed E-state index contributed by atoms with van der Waals surface area (Å²) in [5.74, 6) is 0.897. The van der Waals surface area contributed by atoms with Gasteiger partial charge in [0.25, 0.3) is 0 Å². The molecular formula is C15H29IN4O2. The average Bonchev–Trinajstić information content (AvgIpc) is 2.86. The van der Waals surface area contributed by atoms with E-state index in [1.165, 1.54) is 5.69 Å². The predicted octanol–water partition coefficient (Wildman–Crippen LogP) is 1.70. The number of hydrogen-bond acceptors (Lipinski definition) is 3. The summed E-state index contributed by atoms with van der Waals surface area (Å²) in [6.07, 6.45) is 2.05. The van der Waals surface area contributed by atoms with E-state index in [1.54, 1.807) is 7.11 Å². The van der Waals surface area contributed by atoms with E-state index in [0.717, 1.165) is 19.0 Å². The minimum Gasteiger partial charge on any atom is -0.382 e. The summed E-state index contributed by atoms with van der Waals surface area (Å²) in [6.45, 7) is 6.22. The zero-order chi connectivity index (χ0) is 15.5. The predicted molar refractivity (Wildman–Crippen MR) is 101 cm³/mol. The standard InChI is InChI=1S/C15H28N4O2.HI/c1-5-16-15(17-8-10-21-12-11-20-4)19(3)13-14-7-6-9-18(14)2;/h6-7,9H,5,8,10-13H2,1-4H3,(H,16,17);1H. The molecule has 0 radical (unpaired) electrons. The molecule has 0 atom stereocenters. The second kappa shape index (κ2) is 12.7. The van der Waals surface area contributed by atoms with Crippen molar-refractivity contribution >= 4 is 29.9 Å². The number of ether oxygens (including phenoxy) is 2. The van der Waals surface area contributed by atoms with Crippen molar-refractivity contribution in [2.45, 2.75) is 13.5 Å². The smallest absolute Gasteiger partial charge is 0.194 e. The van der Waals surface area contributed by atoms with Gasteiger partial charge in [0.15, 0.2) is 5.96 Å². The first kappa shape index (κ1) is 21.2. The molecule has 0 amide bonds. The van der Waals surface area contributed by atoms with E-state index in [4.69, 9.17) is 9.47 Å². The van der Waals surface area contributed by atoms with Gasteiger partial charge in [-0.15, -0.1) is 24.0 Å². The maximum Gasteiger partial charge on any atom is 0.194 e. The molecule has 128 valence electrons. The molecule has 22 heavy (non-hydrogen) atoms. The highest BCUT2D eigenvalue weighted by molar-refractivity contribution is 14.0. The summed E-state index contributed by atoms with van der Waals surface area (Å²) >= 11 is 0. The maximum atomic E-state index is 5.42. The highest BCUT2D eigenvalue weighted by atomic mass is 127. The Morgan fingerprint density at radius 2 is 2.14 bits per heavy atom. The molecule has 0 aliphatic carbocycles. The lowest BCUT2D eigenvalue weighted by molar-refractivity contribution is 0.0747. The summed E-state index contributed by atoms with van der Waals surface area (Å²) in [4.78, 5) is 6.70. The van der Waals surface area contributed by atoms with Crippen molar-refractivity contribution in [1.29, 1.82) is 0 Å². The molecule has 0 aliphatic heterocycles. The van der Waals surface area contributed by atoms with Crippen LogP contribution in [0.15, 0.2) is 23.3 Å². The largest absolute Gasteiger partial charge is 0.382 e. The van der Waals surface area contributed by atoms with Crippen LogP contribution in [0.1, 0.15) is 12.6 Å². The number of aliphatic imine (C=N–C) groups is 1. The van der Waals surface area contributed by atoms with Crippen molar-refractivity contribution in [2.75, 3.05) is 47.1 Å². The van der Waals surface area contributed by atoms with E-state index in [0.29, 0.717) is 26.4 Å². The summed E-state index contributed by atoms with van der Waals surface area (Å²) < 4.78 is 12.5. The molecule has 0 saturated heterocycles. The van der Waals surface area contributed by atoms with E-state index in [-0.39, 0.29) is 24.0 Å². The number of aromatic nitrogens is 1. The first-order valence-electron chi connectivity index (χ1n) is 7.35. The first-order chi connectivity index (χ1) is 10.2. The monoisotopic (exact) mass is 424 g/mol. The van der Waals surface area contributed by atoms with E-state index in [9.17, 15) is 0 Å². The number of guanidine groups is 1. The zero-order valence-electron chi connectivity index (χ0n) is 14.0. The summed E-state index contributed by atoms with van der Waals surface area (Å²) in [5, 5.41) is 3.30. The quantitative estimate of drug-likeness (QED) is 0.284. The molecule has 1 N–H and O–H groups in total. The van der Waals surface area contributed by atoms with Gasteiger partial charge in [-0.3, -0.25) is 4.99 Å². The van der Waals surface area contributed by atoms with Gasteiger partial charge in [-0.05, 0) is 19.1 Å². The van der Waals surface area contributed by atoms with Gasteiger partial charge in [-0.2, -0.15) is 0 Å². The molecule has 1 rings (SSSR count). The molecule has 1 heterocycles. The van der Waals surface area contributed by atoms with Gasteiger partial charge >= 0.3 is 0 Å². The molecule has 0 unspecified atom stereocenters. The SMILES string of the molecule is CCNC(=NCCOCCOC)N(C)Cc1cccn1C.I. The van der Waals surface area contributed by atoms with Crippen LogP contribution in [0.2, 0.25) is 0 Å². The fourth-order valence-electron chi connectivity index (χ4n) is 1.91. The van der Waals surface area contributed by atoms with Crippen LogP contribution in [0.4, 0.5) is 0 Å². The van der Waals surface area contributed by atoms with Gasteiger partial charge in [0.05, 0.1) is 32.9 Å². The van der Waals surface area contributed by atoms with Gasteiger partial charge in [0.1, 0.15) is 0 Å². The van der Waals surface area contributed by atoms with Crippen LogP contribution in [0.25, 0.3) is 0 Å². The third-order valence-electron chi connectivity index (χ3n) is 3.08. The fourth-order valence-corrected chi connectivity index (χ4v) is 1.91. The minimum absolute atomic E-state index is 0. The Morgan fingerprint density at radius 3 is 2.73 bits per heavy atom. The molecule has 0 fully saturated rings. The number of hydrogen-bond donors (Lipinski definition) is 1. The molecule has 0 saturated carbocycles. The van der Waals surface area contributed by atoms with Gasteiger partial charge in [-0.1, -0.05) is 0 Å². The lowest BCUT2D eigenvalue weighted by Crippen LogP contribution is -2.39. The Labute approximate surface area is 150 Å². The van der Waals surface area contributed by atoms with E-state index in [2.05, 4.69) is 52.1 Å². The Hall–Kier alpha value is -0.800. The van der Waals surface area contributed by atoms with Crippen LogP contribution in [0.3, 0.4) is 0 Å². The van der Waals surface area contributed by atoms with E-state index < -0.39 is 0 Å². The number of nitrogens with zero attached hydrogens (tertiary/aromatic N) is 3. The molecule has 1 aromatic rings. The number of aryl methyl sites for hydroxylation is 1. The van der Waals surface area contributed by atoms with Crippen LogP contribution in [0, 0.1) is 0 Å². The van der Waals surface area contributed by atoms with Crippen molar-refractivity contribution < 1.29 is 9.47 Å².